The van der Waals surface area contributed by atoms with Gasteiger partial charge in [0, 0.05) is 16.6 Å². The third-order valence-corrected chi connectivity index (χ3v) is 7.19. The molecule has 2 heterocycles. The number of benzene rings is 2. The molecule has 1 aromatic heterocycles. The predicted octanol–water partition coefficient (Wildman–Crippen LogP) is 5.44. The number of likely N-dealkylation sites (tertiary alicyclic amines) is 1. The van der Waals surface area contributed by atoms with E-state index in [1.54, 1.807) is 7.11 Å². The second kappa shape index (κ2) is 8.74. The third kappa shape index (κ3) is 4.27. The molecule has 1 saturated heterocycles. The summed E-state index contributed by atoms with van der Waals surface area (Å²) in [5.41, 5.74) is 2.35. The number of halogens is 1. The SMILES string of the molecule is COc1ccc(C(CNC(=O)c2sc3cc(C)ccc3c2Cl)N2CCCC2)cc1. The minimum Gasteiger partial charge on any atom is -0.497 e. The van der Waals surface area contributed by atoms with Gasteiger partial charge in [-0.25, -0.2) is 0 Å². The number of ether oxygens (including phenoxy) is 1. The summed E-state index contributed by atoms with van der Waals surface area (Å²) in [5.74, 6) is 0.733. The summed E-state index contributed by atoms with van der Waals surface area (Å²) >= 11 is 7.98. The Balaban J connectivity index is 1.53. The quantitative estimate of drug-likeness (QED) is 0.568. The monoisotopic (exact) mass is 428 g/mol. The largest absolute Gasteiger partial charge is 0.497 e. The smallest absolute Gasteiger partial charge is 0.262 e. The summed E-state index contributed by atoms with van der Waals surface area (Å²) in [7, 11) is 1.67. The number of methoxy groups -OCH3 is 1. The molecule has 0 spiro atoms. The number of rotatable bonds is 6. The maximum atomic E-state index is 12.9. The summed E-state index contributed by atoms with van der Waals surface area (Å²) in [6, 6.07) is 14.4. The Morgan fingerprint density at radius 1 is 1.21 bits per heavy atom. The number of carbonyl (C=O) groups excluding carboxylic acids is 1. The lowest BCUT2D eigenvalue weighted by Gasteiger charge is -2.28. The lowest BCUT2D eigenvalue weighted by atomic mass is 10.1. The molecule has 1 N–H and O–H groups in total. The van der Waals surface area contributed by atoms with E-state index in [0.717, 1.165) is 34.5 Å². The highest BCUT2D eigenvalue weighted by atomic mass is 35.5. The van der Waals surface area contributed by atoms with Gasteiger partial charge in [0.25, 0.3) is 5.91 Å². The molecule has 1 atom stereocenters. The van der Waals surface area contributed by atoms with Crippen LogP contribution in [0, 0.1) is 6.92 Å². The van der Waals surface area contributed by atoms with Crippen LogP contribution in [0.4, 0.5) is 0 Å². The Bertz CT molecular complexity index is 1010. The molecule has 1 aliphatic rings. The Morgan fingerprint density at radius 3 is 2.62 bits per heavy atom. The predicted molar refractivity (Wildman–Crippen MR) is 120 cm³/mol. The average molecular weight is 429 g/mol. The van der Waals surface area contributed by atoms with Crippen LogP contribution in [0.2, 0.25) is 5.02 Å². The van der Waals surface area contributed by atoms with Gasteiger partial charge in [-0.1, -0.05) is 35.9 Å². The number of thiophene rings is 1. The van der Waals surface area contributed by atoms with Crippen LogP contribution in [0.25, 0.3) is 10.1 Å². The molecule has 0 saturated carbocycles. The van der Waals surface area contributed by atoms with Crippen molar-refractivity contribution < 1.29 is 9.53 Å². The zero-order valence-electron chi connectivity index (χ0n) is 16.7. The number of nitrogens with zero attached hydrogens (tertiary/aromatic N) is 1. The van der Waals surface area contributed by atoms with E-state index in [9.17, 15) is 4.79 Å². The highest BCUT2D eigenvalue weighted by Crippen LogP contribution is 2.36. The van der Waals surface area contributed by atoms with E-state index in [2.05, 4.69) is 28.4 Å². The highest BCUT2D eigenvalue weighted by Gasteiger charge is 2.25. The lowest BCUT2D eigenvalue weighted by molar-refractivity contribution is 0.0942. The zero-order chi connectivity index (χ0) is 20.4. The van der Waals surface area contributed by atoms with E-state index in [4.69, 9.17) is 16.3 Å². The van der Waals surface area contributed by atoms with Crippen molar-refractivity contribution in [3.05, 3.63) is 63.5 Å². The second-order valence-corrected chi connectivity index (χ2v) is 8.92. The highest BCUT2D eigenvalue weighted by molar-refractivity contribution is 7.21. The zero-order valence-corrected chi connectivity index (χ0v) is 18.3. The maximum absolute atomic E-state index is 12.9. The number of fused-ring (bicyclic) bond motifs is 1. The summed E-state index contributed by atoms with van der Waals surface area (Å²) in [6.45, 7) is 4.70. The fraction of sp³-hybridized carbons (Fsp3) is 0.348. The minimum atomic E-state index is -0.105. The number of amides is 1. The van der Waals surface area contributed by atoms with Crippen LogP contribution in [0.1, 0.15) is 39.7 Å². The van der Waals surface area contributed by atoms with Crippen molar-refractivity contribution in [3.8, 4) is 5.75 Å². The fourth-order valence-electron chi connectivity index (χ4n) is 3.93. The molecule has 1 unspecified atom stereocenters. The van der Waals surface area contributed by atoms with Crippen molar-refractivity contribution in [3.63, 3.8) is 0 Å². The van der Waals surface area contributed by atoms with Crippen LogP contribution in [-0.2, 0) is 0 Å². The van der Waals surface area contributed by atoms with Gasteiger partial charge in [-0.3, -0.25) is 9.69 Å². The van der Waals surface area contributed by atoms with Gasteiger partial charge in [0.15, 0.2) is 0 Å². The standard InChI is InChI=1S/C23H25ClN2O2S/c1-15-5-10-18-20(13-15)29-22(21(18)24)23(27)25-14-19(26-11-3-4-12-26)16-6-8-17(28-2)9-7-16/h5-10,13,19H,3-4,11-12,14H2,1-2H3,(H,25,27). The van der Waals surface area contributed by atoms with Gasteiger partial charge in [-0.2, -0.15) is 0 Å². The van der Waals surface area contributed by atoms with E-state index >= 15 is 0 Å². The third-order valence-electron chi connectivity index (χ3n) is 5.53. The van der Waals surface area contributed by atoms with Crippen LogP contribution in [-0.4, -0.2) is 37.6 Å². The average Bonchev–Trinajstić information content (AvgIpc) is 3.37. The molecule has 0 radical (unpaired) electrons. The van der Waals surface area contributed by atoms with Crippen molar-refractivity contribution in [1.82, 2.24) is 10.2 Å². The molecule has 1 amide bonds. The van der Waals surface area contributed by atoms with E-state index in [1.807, 2.05) is 31.2 Å². The summed E-state index contributed by atoms with van der Waals surface area (Å²) < 4.78 is 6.33. The van der Waals surface area contributed by atoms with Crippen molar-refractivity contribution in [1.29, 1.82) is 0 Å². The topological polar surface area (TPSA) is 41.6 Å². The van der Waals surface area contributed by atoms with Gasteiger partial charge in [0.1, 0.15) is 10.6 Å². The molecule has 1 fully saturated rings. The van der Waals surface area contributed by atoms with E-state index < -0.39 is 0 Å². The molecule has 152 valence electrons. The first-order valence-corrected chi connectivity index (χ1v) is 11.1. The number of aryl methyl sites for hydroxylation is 1. The summed E-state index contributed by atoms with van der Waals surface area (Å²) in [4.78, 5) is 16.0. The number of nitrogens with one attached hydrogen (secondary N) is 1. The molecule has 6 heteroatoms. The lowest BCUT2D eigenvalue weighted by Crippen LogP contribution is -2.36. The van der Waals surface area contributed by atoms with E-state index in [0.29, 0.717) is 16.4 Å². The Hall–Kier alpha value is -2.08. The first-order valence-electron chi connectivity index (χ1n) is 9.91. The van der Waals surface area contributed by atoms with Gasteiger partial charge in [-0.05, 0) is 62.2 Å². The van der Waals surface area contributed by atoms with Gasteiger partial charge in [0.05, 0.1) is 18.2 Å². The molecule has 3 aromatic rings. The molecule has 0 aliphatic carbocycles. The van der Waals surface area contributed by atoms with Crippen LogP contribution in [0.3, 0.4) is 0 Å². The van der Waals surface area contributed by atoms with Crippen molar-refractivity contribution >= 4 is 38.9 Å². The number of carbonyl (C=O) groups is 1. The van der Waals surface area contributed by atoms with Crippen LogP contribution in [0.5, 0.6) is 5.75 Å². The normalized spacial score (nSPS) is 15.6. The molecule has 1 aliphatic heterocycles. The fourth-order valence-corrected chi connectivity index (χ4v) is 5.46. The molecular formula is C23H25ClN2O2S. The van der Waals surface area contributed by atoms with Crippen LogP contribution < -0.4 is 10.1 Å². The molecule has 0 bridgehead atoms. The molecule has 2 aromatic carbocycles. The number of hydrogen-bond acceptors (Lipinski definition) is 4. The van der Waals surface area contributed by atoms with Crippen LogP contribution in [0.15, 0.2) is 42.5 Å². The summed E-state index contributed by atoms with van der Waals surface area (Å²) in [6.07, 6.45) is 2.39. The first-order chi connectivity index (χ1) is 14.1. The Morgan fingerprint density at radius 2 is 1.93 bits per heavy atom. The van der Waals surface area contributed by atoms with E-state index in [-0.39, 0.29) is 11.9 Å². The molecular weight excluding hydrogens is 404 g/mol. The molecule has 29 heavy (non-hydrogen) atoms. The van der Waals surface area contributed by atoms with E-state index in [1.165, 1.54) is 29.7 Å². The first kappa shape index (κ1) is 20.2. The van der Waals surface area contributed by atoms with Crippen molar-refractivity contribution in [2.75, 3.05) is 26.7 Å². The molecule has 4 nitrogen and oxygen atoms in total. The minimum absolute atomic E-state index is 0.105. The Kier molecular flexibility index (Phi) is 6.09. The van der Waals surface area contributed by atoms with Gasteiger partial charge >= 0.3 is 0 Å². The number of hydrogen-bond donors (Lipinski definition) is 1. The Labute approximate surface area is 180 Å². The maximum Gasteiger partial charge on any atom is 0.262 e. The van der Waals surface area contributed by atoms with Gasteiger partial charge in [-0.15, -0.1) is 11.3 Å². The molecule has 4 rings (SSSR count). The second-order valence-electron chi connectivity index (χ2n) is 7.49. The van der Waals surface area contributed by atoms with Crippen LogP contribution >= 0.6 is 22.9 Å². The van der Waals surface area contributed by atoms with Crippen molar-refractivity contribution in [2.24, 2.45) is 0 Å². The van der Waals surface area contributed by atoms with Gasteiger partial charge < -0.3 is 10.1 Å². The van der Waals surface area contributed by atoms with Crippen molar-refractivity contribution in [2.45, 2.75) is 25.8 Å². The summed E-state index contributed by atoms with van der Waals surface area (Å²) in [5, 5.41) is 4.62. The van der Waals surface area contributed by atoms with Gasteiger partial charge in [0.2, 0.25) is 0 Å².